The van der Waals surface area contributed by atoms with E-state index in [1.54, 1.807) is 0 Å². The molecule has 0 aliphatic heterocycles. The molecule has 2 heteroatoms. The van der Waals surface area contributed by atoms with Crippen LogP contribution in [0.15, 0.2) is 6.20 Å². The fourth-order valence-electron chi connectivity index (χ4n) is 1.57. The summed E-state index contributed by atoms with van der Waals surface area (Å²) >= 11 is 0. The van der Waals surface area contributed by atoms with E-state index < -0.39 is 0 Å². The zero-order valence-electron chi connectivity index (χ0n) is 9.33. The highest BCUT2D eigenvalue weighted by Crippen LogP contribution is 2.15. The molecule has 0 radical (unpaired) electrons. The van der Waals surface area contributed by atoms with Crippen LogP contribution in [-0.4, -0.2) is 9.55 Å². The van der Waals surface area contributed by atoms with Crippen LogP contribution in [0.1, 0.15) is 45.1 Å². The SMILES string of the molecule is Cc1cn(CC(C)C)c(C(C)C)n1. The van der Waals surface area contributed by atoms with Gasteiger partial charge >= 0.3 is 0 Å². The molecular weight excluding hydrogens is 160 g/mol. The summed E-state index contributed by atoms with van der Waals surface area (Å²) in [5.41, 5.74) is 1.13. The lowest BCUT2D eigenvalue weighted by atomic mass is 10.2. The minimum absolute atomic E-state index is 0.521. The second-order valence-electron chi connectivity index (χ2n) is 4.44. The van der Waals surface area contributed by atoms with Crippen molar-refractivity contribution in [2.45, 2.75) is 47.1 Å². The molecule has 0 atom stereocenters. The summed E-state index contributed by atoms with van der Waals surface area (Å²) in [5.74, 6) is 2.42. The first-order chi connectivity index (χ1) is 6.00. The molecule has 0 fully saturated rings. The van der Waals surface area contributed by atoms with Crippen molar-refractivity contribution in [3.63, 3.8) is 0 Å². The molecule has 0 amide bonds. The van der Waals surface area contributed by atoms with E-state index in [0.29, 0.717) is 11.8 Å². The van der Waals surface area contributed by atoms with Gasteiger partial charge in [0, 0.05) is 18.7 Å². The third-order valence-electron chi connectivity index (χ3n) is 2.01. The molecule has 0 aromatic carbocycles. The molecule has 1 rings (SSSR count). The molecule has 0 saturated heterocycles. The molecule has 13 heavy (non-hydrogen) atoms. The first kappa shape index (κ1) is 10.3. The van der Waals surface area contributed by atoms with Gasteiger partial charge in [-0.05, 0) is 12.8 Å². The quantitative estimate of drug-likeness (QED) is 0.699. The highest BCUT2D eigenvalue weighted by molar-refractivity contribution is 5.05. The largest absolute Gasteiger partial charge is 0.334 e. The van der Waals surface area contributed by atoms with Crippen LogP contribution in [0.4, 0.5) is 0 Å². The van der Waals surface area contributed by atoms with Crippen LogP contribution >= 0.6 is 0 Å². The van der Waals surface area contributed by atoms with E-state index >= 15 is 0 Å². The second-order valence-corrected chi connectivity index (χ2v) is 4.44. The van der Waals surface area contributed by atoms with Crippen molar-refractivity contribution in [1.82, 2.24) is 9.55 Å². The summed E-state index contributed by atoms with van der Waals surface area (Å²) in [5, 5.41) is 0. The molecule has 0 saturated carbocycles. The number of hydrogen-bond donors (Lipinski definition) is 0. The Balaban J connectivity index is 2.91. The summed E-state index contributed by atoms with van der Waals surface area (Å²) in [6, 6.07) is 0. The molecule has 0 unspecified atom stereocenters. The molecule has 1 heterocycles. The molecular formula is C11H20N2. The van der Waals surface area contributed by atoms with Gasteiger partial charge in [-0.2, -0.15) is 0 Å². The average Bonchev–Trinajstić information content (AvgIpc) is 2.29. The van der Waals surface area contributed by atoms with E-state index in [-0.39, 0.29) is 0 Å². The van der Waals surface area contributed by atoms with Crippen molar-refractivity contribution in [2.75, 3.05) is 0 Å². The maximum absolute atomic E-state index is 4.53. The predicted molar refractivity (Wildman–Crippen MR) is 55.9 cm³/mol. The monoisotopic (exact) mass is 180 g/mol. The summed E-state index contributed by atoms with van der Waals surface area (Å²) in [7, 11) is 0. The van der Waals surface area contributed by atoms with E-state index in [9.17, 15) is 0 Å². The van der Waals surface area contributed by atoms with Gasteiger partial charge in [0.15, 0.2) is 0 Å². The fraction of sp³-hybridized carbons (Fsp3) is 0.727. The molecule has 2 nitrogen and oxygen atoms in total. The van der Waals surface area contributed by atoms with Crippen LogP contribution in [0, 0.1) is 12.8 Å². The Kier molecular flexibility index (Phi) is 3.12. The Morgan fingerprint density at radius 3 is 2.38 bits per heavy atom. The van der Waals surface area contributed by atoms with Crippen LogP contribution < -0.4 is 0 Å². The van der Waals surface area contributed by atoms with E-state index in [4.69, 9.17) is 0 Å². The first-order valence-corrected chi connectivity index (χ1v) is 5.04. The van der Waals surface area contributed by atoms with Gasteiger partial charge < -0.3 is 4.57 Å². The topological polar surface area (TPSA) is 17.8 Å². The van der Waals surface area contributed by atoms with Crippen molar-refractivity contribution < 1.29 is 0 Å². The highest BCUT2D eigenvalue weighted by Gasteiger charge is 2.09. The molecule has 1 aromatic heterocycles. The highest BCUT2D eigenvalue weighted by atomic mass is 15.1. The molecule has 0 spiro atoms. The van der Waals surface area contributed by atoms with E-state index in [1.165, 1.54) is 5.82 Å². The summed E-state index contributed by atoms with van der Waals surface area (Å²) in [6.45, 7) is 12.0. The second kappa shape index (κ2) is 3.95. The number of aromatic nitrogens is 2. The van der Waals surface area contributed by atoms with Crippen LogP contribution in [0.25, 0.3) is 0 Å². The molecule has 0 aliphatic rings. The first-order valence-electron chi connectivity index (χ1n) is 5.04. The number of hydrogen-bond acceptors (Lipinski definition) is 1. The van der Waals surface area contributed by atoms with E-state index in [2.05, 4.69) is 50.4 Å². The Labute approximate surface area is 81.0 Å². The lowest BCUT2D eigenvalue weighted by molar-refractivity contribution is 0.498. The molecule has 0 aliphatic carbocycles. The number of imidazole rings is 1. The Bertz CT molecular complexity index is 272. The van der Waals surface area contributed by atoms with E-state index in [1.807, 2.05) is 0 Å². The number of nitrogens with zero attached hydrogens (tertiary/aromatic N) is 2. The summed E-state index contributed by atoms with van der Waals surface area (Å²) < 4.78 is 2.28. The smallest absolute Gasteiger partial charge is 0.111 e. The zero-order valence-corrected chi connectivity index (χ0v) is 9.33. The lowest BCUT2D eigenvalue weighted by Crippen LogP contribution is -2.08. The maximum Gasteiger partial charge on any atom is 0.111 e. The Hall–Kier alpha value is -0.790. The Morgan fingerprint density at radius 1 is 1.31 bits per heavy atom. The maximum atomic E-state index is 4.53. The van der Waals surface area contributed by atoms with Gasteiger partial charge in [-0.15, -0.1) is 0 Å². The van der Waals surface area contributed by atoms with Crippen LogP contribution in [0.5, 0.6) is 0 Å². The van der Waals surface area contributed by atoms with E-state index in [0.717, 1.165) is 12.2 Å². The summed E-state index contributed by atoms with van der Waals surface area (Å²) in [4.78, 5) is 4.53. The molecule has 1 aromatic rings. The van der Waals surface area contributed by atoms with Crippen molar-refractivity contribution >= 4 is 0 Å². The summed E-state index contributed by atoms with van der Waals surface area (Å²) in [6.07, 6.45) is 2.15. The minimum atomic E-state index is 0.521. The van der Waals surface area contributed by atoms with Gasteiger partial charge in [0.05, 0.1) is 5.69 Å². The van der Waals surface area contributed by atoms with Crippen LogP contribution in [-0.2, 0) is 6.54 Å². The van der Waals surface area contributed by atoms with Crippen LogP contribution in [0.2, 0.25) is 0 Å². The molecule has 0 N–H and O–H groups in total. The van der Waals surface area contributed by atoms with Crippen molar-refractivity contribution in [2.24, 2.45) is 5.92 Å². The lowest BCUT2D eigenvalue weighted by Gasteiger charge is -2.11. The van der Waals surface area contributed by atoms with Gasteiger partial charge in [0.25, 0.3) is 0 Å². The predicted octanol–water partition coefficient (Wildman–Crippen LogP) is 2.97. The van der Waals surface area contributed by atoms with Gasteiger partial charge in [-0.25, -0.2) is 4.98 Å². The molecule has 74 valence electrons. The number of aryl methyl sites for hydroxylation is 1. The normalized spacial score (nSPS) is 11.6. The standard InChI is InChI=1S/C11H20N2/c1-8(2)6-13-7-10(5)12-11(13)9(3)4/h7-9H,6H2,1-5H3. The fourth-order valence-corrected chi connectivity index (χ4v) is 1.57. The zero-order chi connectivity index (χ0) is 10.0. The van der Waals surface area contributed by atoms with Crippen molar-refractivity contribution in [3.05, 3.63) is 17.7 Å². The van der Waals surface area contributed by atoms with Gasteiger partial charge in [0.1, 0.15) is 5.82 Å². The number of rotatable bonds is 3. The average molecular weight is 180 g/mol. The van der Waals surface area contributed by atoms with Crippen molar-refractivity contribution in [3.8, 4) is 0 Å². The van der Waals surface area contributed by atoms with Gasteiger partial charge in [0.2, 0.25) is 0 Å². The minimum Gasteiger partial charge on any atom is -0.334 e. The molecule has 0 bridgehead atoms. The third-order valence-corrected chi connectivity index (χ3v) is 2.01. The Morgan fingerprint density at radius 2 is 1.92 bits per heavy atom. The van der Waals surface area contributed by atoms with Gasteiger partial charge in [-0.3, -0.25) is 0 Å². The van der Waals surface area contributed by atoms with Crippen LogP contribution in [0.3, 0.4) is 0 Å². The van der Waals surface area contributed by atoms with Crippen molar-refractivity contribution in [1.29, 1.82) is 0 Å². The third kappa shape index (κ3) is 2.58. The van der Waals surface area contributed by atoms with Gasteiger partial charge in [-0.1, -0.05) is 27.7 Å².